The smallest absolute Gasteiger partial charge is 0.242 e. The summed E-state index contributed by atoms with van der Waals surface area (Å²) in [7, 11) is 0. The standard InChI is InChI=1S/C33H34BN3/c1-22-15-24(3)32(25(4)16-22)34(33-26(5)17-23(2)18-27(33)6)30-14-10-13-29(19-30)31-21-37(36-35-31)20-28-11-8-7-9-12-28/h7-19,21H,20H2,1-6H3. The molecule has 5 aromatic rings. The summed E-state index contributed by atoms with van der Waals surface area (Å²) in [6, 6.07) is 28.5. The van der Waals surface area contributed by atoms with Crippen molar-refractivity contribution >= 4 is 23.1 Å². The second-order valence-corrected chi connectivity index (χ2v) is 10.5. The van der Waals surface area contributed by atoms with Gasteiger partial charge in [-0.1, -0.05) is 134 Å². The number of rotatable bonds is 6. The lowest BCUT2D eigenvalue weighted by molar-refractivity contribution is 0.650. The van der Waals surface area contributed by atoms with Crippen LogP contribution in [0.4, 0.5) is 0 Å². The molecular weight excluding hydrogens is 449 g/mol. The lowest BCUT2D eigenvalue weighted by Gasteiger charge is -2.25. The minimum atomic E-state index is 0.139. The Hall–Kier alpha value is -3.92. The maximum Gasteiger partial charge on any atom is 0.242 e. The molecule has 0 aliphatic carbocycles. The lowest BCUT2D eigenvalue weighted by Crippen LogP contribution is -2.55. The third kappa shape index (κ3) is 5.15. The van der Waals surface area contributed by atoms with Crippen LogP contribution in [0.3, 0.4) is 0 Å². The Labute approximate surface area is 221 Å². The number of nitrogens with zero attached hydrogens (tertiary/aromatic N) is 3. The summed E-state index contributed by atoms with van der Waals surface area (Å²) in [4.78, 5) is 0. The van der Waals surface area contributed by atoms with Gasteiger partial charge in [0.1, 0.15) is 5.69 Å². The fourth-order valence-corrected chi connectivity index (χ4v) is 5.93. The Kier molecular flexibility index (Phi) is 6.84. The van der Waals surface area contributed by atoms with Crippen molar-refractivity contribution in [3.8, 4) is 11.3 Å². The molecule has 0 radical (unpaired) electrons. The predicted octanol–water partition coefficient (Wildman–Crippen LogP) is 5.36. The highest BCUT2D eigenvalue weighted by Crippen LogP contribution is 2.18. The van der Waals surface area contributed by atoms with E-state index in [0.717, 1.165) is 11.3 Å². The van der Waals surface area contributed by atoms with Crippen LogP contribution >= 0.6 is 0 Å². The first kappa shape index (κ1) is 24.8. The Morgan fingerprint density at radius 3 is 1.78 bits per heavy atom. The van der Waals surface area contributed by atoms with E-state index in [-0.39, 0.29) is 6.71 Å². The minimum Gasteiger partial charge on any atom is -0.247 e. The van der Waals surface area contributed by atoms with Gasteiger partial charge in [-0.15, -0.1) is 5.10 Å². The van der Waals surface area contributed by atoms with Crippen LogP contribution in [0.5, 0.6) is 0 Å². The molecule has 0 fully saturated rings. The van der Waals surface area contributed by atoms with Gasteiger partial charge in [0.2, 0.25) is 6.71 Å². The van der Waals surface area contributed by atoms with Crippen LogP contribution < -0.4 is 16.4 Å². The molecule has 3 nitrogen and oxygen atoms in total. The van der Waals surface area contributed by atoms with E-state index in [9.17, 15) is 0 Å². The summed E-state index contributed by atoms with van der Waals surface area (Å²) in [6.45, 7) is 14.2. The number of hydrogen-bond donors (Lipinski definition) is 0. The summed E-state index contributed by atoms with van der Waals surface area (Å²) in [5, 5.41) is 8.96. The van der Waals surface area contributed by atoms with Crippen molar-refractivity contribution in [3.63, 3.8) is 0 Å². The van der Waals surface area contributed by atoms with E-state index < -0.39 is 0 Å². The van der Waals surface area contributed by atoms with Crippen LogP contribution in [0.2, 0.25) is 0 Å². The normalized spacial score (nSPS) is 11.1. The van der Waals surface area contributed by atoms with Gasteiger partial charge in [0.25, 0.3) is 0 Å². The second kappa shape index (κ2) is 10.2. The van der Waals surface area contributed by atoms with Crippen LogP contribution in [-0.2, 0) is 6.54 Å². The van der Waals surface area contributed by atoms with Gasteiger partial charge in [-0.3, -0.25) is 0 Å². The van der Waals surface area contributed by atoms with Gasteiger partial charge in [0, 0.05) is 5.56 Å². The average molecular weight is 483 g/mol. The first-order valence-corrected chi connectivity index (χ1v) is 13.0. The molecule has 0 amide bonds. The Bertz CT molecular complexity index is 1460. The highest BCUT2D eigenvalue weighted by molar-refractivity contribution is 6.96. The maximum absolute atomic E-state index is 4.53. The van der Waals surface area contributed by atoms with Crippen molar-refractivity contribution in [1.29, 1.82) is 0 Å². The van der Waals surface area contributed by atoms with Crippen LogP contribution in [0.1, 0.15) is 38.9 Å². The quantitative estimate of drug-likeness (QED) is 0.305. The van der Waals surface area contributed by atoms with Crippen molar-refractivity contribution in [2.24, 2.45) is 0 Å². The Morgan fingerprint density at radius 1 is 0.649 bits per heavy atom. The monoisotopic (exact) mass is 483 g/mol. The first-order valence-electron chi connectivity index (χ1n) is 13.0. The van der Waals surface area contributed by atoms with Gasteiger partial charge < -0.3 is 0 Å². The zero-order valence-electron chi connectivity index (χ0n) is 22.7. The number of hydrogen-bond acceptors (Lipinski definition) is 2. The van der Waals surface area contributed by atoms with E-state index in [1.807, 2.05) is 16.9 Å². The zero-order valence-corrected chi connectivity index (χ0v) is 22.7. The Morgan fingerprint density at radius 2 is 1.22 bits per heavy atom. The molecule has 4 aromatic carbocycles. The highest BCUT2D eigenvalue weighted by atomic mass is 15.4. The van der Waals surface area contributed by atoms with Crippen LogP contribution in [0.25, 0.3) is 11.3 Å². The van der Waals surface area contributed by atoms with Gasteiger partial charge >= 0.3 is 0 Å². The molecule has 5 rings (SSSR count). The molecule has 0 bridgehead atoms. The summed E-state index contributed by atoms with van der Waals surface area (Å²) in [6.07, 6.45) is 2.05. The lowest BCUT2D eigenvalue weighted by atomic mass is 9.34. The molecule has 0 unspecified atom stereocenters. The molecule has 37 heavy (non-hydrogen) atoms. The molecule has 0 saturated heterocycles. The number of benzene rings is 4. The molecule has 0 spiro atoms. The third-order valence-electron chi connectivity index (χ3n) is 7.30. The van der Waals surface area contributed by atoms with Crippen LogP contribution in [-0.4, -0.2) is 21.7 Å². The average Bonchev–Trinajstić information content (AvgIpc) is 3.31. The van der Waals surface area contributed by atoms with Crippen LogP contribution in [0.15, 0.2) is 85.1 Å². The van der Waals surface area contributed by atoms with Crippen molar-refractivity contribution in [1.82, 2.24) is 15.0 Å². The van der Waals surface area contributed by atoms with Crippen molar-refractivity contribution in [2.45, 2.75) is 48.1 Å². The molecule has 0 saturated carbocycles. The minimum absolute atomic E-state index is 0.139. The summed E-state index contributed by atoms with van der Waals surface area (Å²) in [5.74, 6) is 0. The number of aromatic nitrogens is 3. The molecule has 0 N–H and O–H groups in total. The predicted molar refractivity (Wildman–Crippen MR) is 157 cm³/mol. The van der Waals surface area contributed by atoms with Gasteiger partial charge in [-0.25, -0.2) is 4.68 Å². The van der Waals surface area contributed by atoms with E-state index in [1.165, 1.54) is 55.3 Å². The molecular formula is C33H34BN3. The molecule has 0 aliphatic rings. The highest BCUT2D eigenvalue weighted by Gasteiger charge is 2.28. The third-order valence-corrected chi connectivity index (χ3v) is 7.30. The van der Waals surface area contributed by atoms with Gasteiger partial charge in [-0.05, 0) is 47.1 Å². The van der Waals surface area contributed by atoms with Gasteiger partial charge in [0.05, 0.1) is 12.7 Å². The molecule has 0 atom stereocenters. The van der Waals surface area contributed by atoms with Crippen molar-refractivity contribution in [2.75, 3.05) is 0 Å². The van der Waals surface area contributed by atoms with E-state index in [0.29, 0.717) is 6.54 Å². The van der Waals surface area contributed by atoms with E-state index in [4.69, 9.17) is 0 Å². The molecule has 0 aliphatic heterocycles. The molecule has 1 heterocycles. The first-order chi connectivity index (χ1) is 17.8. The van der Waals surface area contributed by atoms with E-state index >= 15 is 0 Å². The summed E-state index contributed by atoms with van der Waals surface area (Å²) >= 11 is 0. The molecule has 4 heteroatoms. The topological polar surface area (TPSA) is 30.7 Å². The zero-order chi connectivity index (χ0) is 26.1. The summed E-state index contributed by atoms with van der Waals surface area (Å²) < 4.78 is 1.91. The van der Waals surface area contributed by atoms with Crippen molar-refractivity contribution in [3.05, 3.63) is 124 Å². The van der Waals surface area contributed by atoms with Crippen molar-refractivity contribution < 1.29 is 0 Å². The molecule has 184 valence electrons. The fraction of sp³-hybridized carbons (Fsp3) is 0.212. The Balaban J connectivity index is 1.62. The SMILES string of the molecule is Cc1cc(C)c(B(c2cccc(-c3cn(Cc4ccccc4)nn3)c2)c2c(C)cc(C)cc2C)c(C)c1. The van der Waals surface area contributed by atoms with E-state index in [2.05, 4.69) is 125 Å². The van der Waals surface area contributed by atoms with Crippen LogP contribution in [0, 0.1) is 41.5 Å². The fourth-order valence-electron chi connectivity index (χ4n) is 5.93. The van der Waals surface area contributed by atoms with Gasteiger partial charge in [0.15, 0.2) is 0 Å². The second-order valence-electron chi connectivity index (χ2n) is 10.5. The van der Waals surface area contributed by atoms with E-state index in [1.54, 1.807) is 0 Å². The maximum atomic E-state index is 4.53. The largest absolute Gasteiger partial charge is 0.247 e. The summed E-state index contributed by atoms with van der Waals surface area (Å²) in [5.41, 5.74) is 15.2. The number of aryl methyl sites for hydroxylation is 6. The van der Waals surface area contributed by atoms with Gasteiger partial charge in [-0.2, -0.15) is 0 Å². The molecule has 1 aromatic heterocycles.